The van der Waals surface area contributed by atoms with Crippen LogP contribution in [0, 0.1) is 23.0 Å². The van der Waals surface area contributed by atoms with E-state index in [0.29, 0.717) is 17.5 Å². The molecule has 3 rings (SSSR count). The highest BCUT2D eigenvalue weighted by atomic mass is 79.9. The fraction of sp³-hybridized carbons (Fsp3) is 0.647. The topological polar surface area (TPSA) is 23.5 Å². The molecule has 0 bridgehead atoms. The maximum Gasteiger partial charge on any atom is 0.140 e. The van der Waals surface area contributed by atoms with Crippen LogP contribution in [0.2, 0.25) is 0 Å². The van der Waals surface area contributed by atoms with E-state index in [1.165, 1.54) is 0 Å². The summed E-state index contributed by atoms with van der Waals surface area (Å²) in [5, 5.41) is 11.6. The Morgan fingerprint density at radius 2 is 1.82 bits per heavy atom. The largest absolute Gasteiger partial charge is 0.384 e. The Balaban J connectivity index is 2.16. The van der Waals surface area contributed by atoms with E-state index in [0.717, 1.165) is 32.0 Å². The van der Waals surface area contributed by atoms with Gasteiger partial charge in [0, 0.05) is 17.0 Å². The molecule has 1 N–H and O–H groups in total. The average Bonchev–Trinajstić information content (AvgIpc) is 2.66. The van der Waals surface area contributed by atoms with Gasteiger partial charge in [0.25, 0.3) is 0 Å². The van der Waals surface area contributed by atoms with Gasteiger partial charge in [0.15, 0.2) is 0 Å². The van der Waals surface area contributed by atoms with Crippen LogP contribution < -0.4 is 0 Å². The van der Waals surface area contributed by atoms with Gasteiger partial charge in [-0.25, -0.2) is 8.78 Å². The summed E-state index contributed by atoms with van der Waals surface area (Å²) in [6.07, 6.45) is 2.09. The lowest BCUT2D eigenvalue weighted by Crippen LogP contribution is -2.49. The van der Waals surface area contributed by atoms with E-state index in [1.54, 1.807) is 0 Å². The molecule has 0 radical (unpaired) electrons. The van der Waals surface area contributed by atoms with E-state index < -0.39 is 22.7 Å². The number of hydrogen-bond donors (Lipinski definition) is 1. The number of rotatable bonds is 1. The predicted molar refractivity (Wildman–Crippen MR) is 85.7 cm³/mol. The molecule has 1 unspecified atom stereocenters. The lowest BCUT2D eigenvalue weighted by Gasteiger charge is -2.46. The summed E-state index contributed by atoms with van der Waals surface area (Å²) in [5.41, 5.74) is -0.831. The monoisotopic (exact) mass is 373 g/mol. The normalized spacial score (nSPS) is 28.9. The van der Waals surface area contributed by atoms with E-state index in [4.69, 9.17) is 0 Å². The van der Waals surface area contributed by atoms with E-state index in [-0.39, 0.29) is 10.4 Å². The minimum absolute atomic E-state index is 0.0115. The van der Waals surface area contributed by atoms with Crippen LogP contribution in [0.15, 0.2) is 10.5 Å². The maximum atomic E-state index is 14.3. The number of aliphatic hydroxyl groups is 1. The summed E-state index contributed by atoms with van der Waals surface area (Å²) in [4.78, 5) is 2.23. The second kappa shape index (κ2) is 5.25. The van der Waals surface area contributed by atoms with Crippen molar-refractivity contribution in [2.24, 2.45) is 11.3 Å². The molecule has 1 aliphatic carbocycles. The van der Waals surface area contributed by atoms with Crippen LogP contribution in [0.25, 0.3) is 0 Å². The zero-order valence-electron chi connectivity index (χ0n) is 13.2. The molecule has 22 heavy (non-hydrogen) atoms. The number of likely N-dealkylation sites (tertiary alicyclic amines) is 1. The Morgan fingerprint density at radius 3 is 2.41 bits per heavy atom. The summed E-state index contributed by atoms with van der Waals surface area (Å²) in [6.45, 7) is 5.70. The minimum Gasteiger partial charge on any atom is -0.384 e. The number of benzene rings is 1. The van der Waals surface area contributed by atoms with Crippen LogP contribution in [-0.4, -0.2) is 30.1 Å². The Labute approximate surface area is 138 Å². The van der Waals surface area contributed by atoms with Gasteiger partial charge >= 0.3 is 0 Å². The van der Waals surface area contributed by atoms with Gasteiger partial charge < -0.3 is 10.0 Å². The van der Waals surface area contributed by atoms with Crippen molar-refractivity contribution < 1.29 is 13.9 Å². The molecule has 2 aliphatic rings. The van der Waals surface area contributed by atoms with Gasteiger partial charge in [0.2, 0.25) is 0 Å². The molecule has 1 saturated heterocycles. The summed E-state index contributed by atoms with van der Waals surface area (Å²) in [5.74, 6) is -1.18. The molecule has 0 amide bonds. The third-order valence-electron chi connectivity index (χ3n) is 5.61. The lowest BCUT2D eigenvalue weighted by atomic mass is 9.65. The van der Waals surface area contributed by atoms with Gasteiger partial charge in [0.05, 0.1) is 10.1 Å². The van der Waals surface area contributed by atoms with Gasteiger partial charge in [-0.3, -0.25) is 0 Å². The standard InChI is InChI=1S/C17H22BrF2NO/c1-16(2)9-11-12(19)8-13(20)15(18)14(11)17(16,22)10-4-6-21(3)7-5-10/h8,10,22H,4-7,9H2,1-3H3. The summed E-state index contributed by atoms with van der Waals surface area (Å²) in [7, 11) is 2.06. The molecule has 1 aromatic rings. The van der Waals surface area contributed by atoms with Crippen molar-refractivity contribution in [2.45, 2.75) is 38.7 Å². The van der Waals surface area contributed by atoms with E-state index in [1.807, 2.05) is 13.8 Å². The molecule has 1 aliphatic heterocycles. The number of fused-ring (bicyclic) bond motifs is 1. The Morgan fingerprint density at radius 1 is 1.23 bits per heavy atom. The molecule has 122 valence electrons. The van der Waals surface area contributed by atoms with Gasteiger partial charge in [-0.1, -0.05) is 13.8 Å². The third-order valence-corrected chi connectivity index (χ3v) is 6.39. The fourth-order valence-electron chi connectivity index (χ4n) is 4.30. The molecule has 1 aromatic carbocycles. The Kier molecular flexibility index (Phi) is 3.90. The van der Waals surface area contributed by atoms with Crippen LogP contribution in [0.4, 0.5) is 8.78 Å². The van der Waals surface area contributed by atoms with Crippen LogP contribution >= 0.6 is 15.9 Å². The van der Waals surface area contributed by atoms with Crippen molar-refractivity contribution in [1.82, 2.24) is 4.90 Å². The average molecular weight is 374 g/mol. The number of piperidine rings is 1. The maximum absolute atomic E-state index is 14.3. The van der Waals surface area contributed by atoms with Crippen molar-refractivity contribution in [3.8, 4) is 0 Å². The van der Waals surface area contributed by atoms with Gasteiger partial charge in [-0.05, 0) is 66.8 Å². The first-order valence-corrected chi connectivity index (χ1v) is 8.55. The fourth-order valence-corrected chi connectivity index (χ4v) is 4.96. The first-order valence-electron chi connectivity index (χ1n) is 7.76. The Hall–Kier alpha value is -0.520. The third kappa shape index (κ3) is 2.16. The second-order valence-corrected chi connectivity index (χ2v) is 8.21. The molecule has 0 aromatic heterocycles. The predicted octanol–water partition coefficient (Wildman–Crippen LogP) is 3.84. The zero-order valence-corrected chi connectivity index (χ0v) is 14.8. The molecule has 5 heteroatoms. The van der Waals surface area contributed by atoms with E-state index >= 15 is 0 Å². The van der Waals surface area contributed by atoms with Crippen molar-refractivity contribution in [1.29, 1.82) is 0 Å². The molecular weight excluding hydrogens is 352 g/mol. The van der Waals surface area contributed by atoms with Crippen LogP contribution in [0.1, 0.15) is 37.8 Å². The zero-order chi connectivity index (χ0) is 16.3. The van der Waals surface area contributed by atoms with Gasteiger partial charge in [-0.15, -0.1) is 0 Å². The molecule has 0 spiro atoms. The highest BCUT2D eigenvalue weighted by molar-refractivity contribution is 9.10. The Bertz CT molecular complexity index is 611. The molecule has 2 nitrogen and oxygen atoms in total. The van der Waals surface area contributed by atoms with Gasteiger partial charge in [-0.2, -0.15) is 0 Å². The first-order chi connectivity index (χ1) is 10.2. The molecule has 1 fully saturated rings. The van der Waals surface area contributed by atoms with E-state index in [2.05, 4.69) is 27.9 Å². The SMILES string of the molecule is CN1CCC(C2(O)c3c(Br)c(F)cc(F)c3CC2(C)C)CC1. The van der Waals surface area contributed by atoms with E-state index in [9.17, 15) is 13.9 Å². The summed E-state index contributed by atoms with van der Waals surface area (Å²) in [6, 6.07) is 0.916. The molecule has 0 saturated carbocycles. The van der Waals surface area contributed by atoms with Gasteiger partial charge in [0.1, 0.15) is 11.6 Å². The van der Waals surface area contributed by atoms with Crippen molar-refractivity contribution in [3.05, 3.63) is 33.3 Å². The minimum atomic E-state index is -1.20. The van der Waals surface area contributed by atoms with Crippen molar-refractivity contribution in [3.63, 3.8) is 0 Å². The van der Waals surface area contributed by atoms with Crippen LogP contribution in [0.3, 0.4) is 0 Å². The smallest absolute Gasteiger partial charge is 0.140 e. The molecule has 1 atom stereocenters. The highest BCUT2D eigenvalue weighted by Crippen LogP contribution is 2.58. The first kappa shape index (κ1) is 16.3. The van der Waals surface area contributed by atoms with Crippen molar-refractivity contribution in [2.75, 3.05) is 20.1 Å². The second-order valence-electron chi connectivity index (χ2n) is 7.41. The summed E-state index contributed by atoms with van der Waals surface area (Å²) >= 11 is 3.26. The number of nitrogens with zero attached hydrogens (tertiary/aromatic N) is 1. The lowest BCUT2D eigenvalue weighted by molar-refractivity contribution is -0.122. The number of hydrogen-bond acceptors (Lipinski definition) is 2. The number of halogens is 3. The summed E-state index contributed by atoms with van der Waals surface area (Å²) < 4.78 is 28.5. The van der Waals surface area contributed by atoms with Crippen molar-refractivity contribution >= 4 is 15.9 Å². The quantitative estimate of drug-likeness (QED) is 0.756. The molecular formula is C17H22BrF2NO. The molecule has 1 heterocycles. The van der Waals surface area contributed by atoms with Crippen LogP contribution in [0.5, 0.6) is 0 Å². The highest BCUT2D eigenvalue weighted by Gasteiger charge is 2.57. The van der Waals surface area contributed by atoms with Crippen LogP contribution in [-0.2, 0) is 12.0 Å².